The van der Waals surface area contributed by atoms with Crippen LogP contribution in [0.15, 0.2) is 110 Å². The Hall–Kier alpha value is -12.2. The van der Waals surface area contributed by atoms with Crippen molar-refractivity contribution < 1.29 is 92.3 Å². The Labute approximate surface area is 809 Å². The van der Waals surface area contributed by atoms with E-state index in [0.29, 0.717) is 183 Å². The lowest BCUT2D eigenvalue weighted by atomic mass is 9.71. The van der Waals surface area contributed by atoms with Gasteiger partial charge in [-0.25, -0.2) is 50.8 Å². The second kappa shape index (κ2) is 40.2. The predicted octanol–water partition coefficient (Wildman–Crippen LogP) is 13.7. The first-order chi connectivity index (χ1) is 66.4. The summed E-state index contributed by atoms with van der Waals surface area (Å²) in [5.74, 6) is -6.82. The SMILES string of the molecule is NC(=O)c1nc[nH]c1C(=O)N(C1CC1)C1CCC2(CC1)CCN(c1ccc(F)cc1Cl)C2=O.O=C(NC1CCC2(CC1)CCN(c1cc(F)c(F)cc1Cl)C2=O)c1cnn2cccnc12.O=C(NC1CCC2(CC1)CCN(c1ccc(F)cc1Cl)C2=O)c1nc[nH]c1C(=O)N1CC(F)C1.O=C(NC1CCC2(CC1)CCN(c1ccc(F)cc1Cl)C2=O)c1nc[nH]c1C(=O)N1CCN(CC(F)(F)F)CC1. The third kappa shape index (κ3) is 20.5. The number of alkyl halides is 4. The maximum Gasteiger partial charge on any atom is 0.401 e. The lowest BCUT2D eigenvalue weighted by Gasteiger charge is -2.41. The van der Waals surface area contributed by atoms with Crippen molar-refractivity contribution in [2.24, 2.45) is 27.4 Å². The van der Waals surface area contributed by atoms with Gasteiger partial charge in [0.1, 0.15) is 46.3 Å². The van der Waals surface area contributed by atoms with E-state index in [1.54, 1.807) is 43.7 Å². The van der Waals surface area contributed by atoms with Gasteiger partial charge in [-0.2, -0.15) is 18.3 Å². The second-order valence-corrected chi connectivity index (χ2v) is 39.2. The van der Waals surface area contributed by atoms with Crippen LogP contribution >= 0.6 is 46.4 Å². The Balaban J connectivity index is 0.000000128. The number of imidazole rings is 3. The van der Waals surface area contributed by atoms with Gasteiger partial charge in [-0.1, -0.05) is 46.4 Å². The molecule has 9 aromatic rings. The molecule has 5 aliphatic carbocycles. The first kappa shape index (κ1) is 98.4. The van der Waals surface area contributed by atoms with Crippen LogP contribution in [0.4, 0.5) is 62.3 Å². The number of H-pyrrole nitrogens is 3. The van der Waals surface area contributed by atoms with Gasteiger partial charge in [0.2, 0.25) is 23.6 Å². The molecule has 32 nitrogen and oxygen atoms in total. The van der Waals surface area contributed by atoms with E-state index in [4.69, 9.17) is 52.1 Å². The summed E-state index contributed by atoms with van der Waals surface area (Å²) in [7, 11) is 0. The van der Waals surface area contributed by atoms with Crippen LogP contribution in [0, 0.1) is 50.7 Å². The molecule has 0 atom stereocenters. The number of aromatic nitrogens is 9. The van der Waals surface area contributed by atoms with Gasteiger partial charge < -0.3 is 70.9 Å². The molecule has 0 bridgehead atoms. The molecule has 139 heavy (non-hydrogen) atoms. The zero-order chi connectivity index (χ0) is 98.5. The number of carbonyl (C=O) groups is 11. The number of aromatic amines is 3. The van der Waals surface area contributed by atoms with Crippen LogP contribution in [-0.2, 0) is 19.2 Å². The number of nitrogens with one attached hydrogen (secondary N) is 6. The molecule has 5 saturated carbocycles. The molecule has 5 aromatic heterocycles. The van der Waals surface area contributed by atoms with Crippen LogP contribution < -0.4 is 41.3 Å². The number of hydrogen-bond acceptors (Lipinski definition) is 17. The molecule has 6 aliphatic heterocycles. The minimum Gasteiger partial charge on any atom is -0.364 e. The summed E-state index contributed by atoms with van der Waals surface area (Å²) < 4.78 is 120. The van der Waals surface area contributed by atoms with Gasteiger partial charge in [0, 0.05) is 101 Å². The zero-order valence-electron chi connectivity index (χ0n) is 74.9. The summed E-state index contributed by atoms with van der Waals surface area (Å²) in [6, 6.07) is 15.3. The molecule has 11 heterocycles. The Morgan fingerprint density at radius 3 is 1.24 bits per heavy atom. The van der Waals surface area contributed by atoms with Crippen LogP contribution in [0.3, 0.4) is 0 Å². The largest absolute Gasteiger partial charge is 0.401 e. The summed E-state index contributed by atoms with van der Waals surface area (Å²) in [5.41, 5.74) is 5.90. The highest BCUT2D eigenvalue weighted by Crippen LogP contribution is 2.53. The van der Waals surface area contributed by atoms with Gasteiger partial charge in [-0.3, -0.25) is 57.6 Å². The van der Waals surface area contributed by atoms with Crippen LogP contribution in [-0.4, -0.2) is 244 Å². The lowest BCUT2D eigenvalue weighted by Crippen LogP contribution is -2.52. The zero-order valence-corrected chi connectivity index (χ0v) is 78.0. The van der Waals surface area contributed by atoms with Crippen molar-refractivity contribution in [2.75, 3.05) is 91.6 Å². The van der Waals surface area contributed by atoms with E-state index < -0.39 is 99.2 Å². The van der Waals surface area contributed by atoms with E-state index >= 15 is 0 Å². The number of piperazine rings is 1. The monoisotopic (exact) mass is 2010 g/mol. The van der Waals surface area contributed by atoms with Gasteiger partial charge in [0.05, 0.1) is 109 Å². The fraction of sp³-hybridized carbons (Fsp3) is 0.468. The number of nitrogens with zero attached hydrogens (tertiary/aromatic N) is 14. The van der Waals surface area contributed by atoms with Gasteiger partial charge in [-0.15, -0.1) is 0 Å². The van der Waals surface area contributed by atoms with Gasteiger partial charge in [-0.05, 0) is 208 Å². The highest BCUT2D eigenvalue weighted by atomic mass is 35.5. The third-order valence-corrected chi connectivity index (χ3v) is 30.4. The fourth-order valence-electron chi connectivity index (χ4n) is 21.3. The maximum absolute atomic E-state index is 13.7. The van der Waals surface area contributed by atoms with Gasteiger partial charge in [0.15, 0.2) is 34.4 Å². The molecule has 6 saturated heterocycles. The second-order valence-electron chi connectivity index (χ2n) is 37.6. The van der Waals surface area contributed by atoms with E-state index in [2.05, 4.69) is 55.9 Å². The Morgan fingerprint density at radius 2 is 0.835 bits per heavy atom. The Bertz CT molecular complexity index is 6250. The van der Waals surface area contributed by atoms with E-state index in [1.165, 1.54) is 93.3 Å². The molecule has 11 amide bonds. The van der Waals surface area contributed by atoms with Crippen LogP contribution in [0.2, 0.25) is 20.1 Å². The summed E-state index contributed by atoms with van der Waals surface area (Å²) in [6.45, 7) is 1.28. The normalized spacial score (nSPS) is 24.4. The van der Waals surface area contributed by atoms with E-state index in [0.717, 1.165) is 25.0 Å². The minimum absolute atomic E-state index is 0.00756. The summed E-state index contributed by atoms with van der Waals surface area (Å²) in [6.07, 6.45) is 17.6. The first-order valence-electron chi connectivity index (χ1n) is 46.1. The first-order valence-corrected chi connectivity index (χ1v) is 47.7. The number of amides is 11. The highest BCUT2D eigenvalue weighted by Gasteiger charge is 2.55. The number of benzene rings is 4. The predicted molar refractivity (Wildman–Crippen MR) is 490 cm³/mol. The molecule has 4 aromatic carbocycles. The minimum atomic E-state index is -4.31. The Kier molecular flexibility index (Phi) is 28.4. The fourth-order valence-corrected chi connectivity index (χ4v) is 22.4. The molecule has 736 valence electrons. The number of nitrogens with two attached hydrogens (primary N) is 1. The average molecular weight is 2010 g/mol. The molecule has 20 rings (SSSR count). The Morgan fingerprint density at radius 1 is 0.453 bits per heavy atom. The molecule has 11 aliphatic rings. The van der Waals surface area contributed by atoms with Crippen LogP contribution in [0.25, 0.3) is 5.65 Å². The third-order valence-electron chi connectivity index (χ3n) is 29.2. The van der Waals surface area contributed by atoms with Crippen molar-refractivity contribution in [2.45, 2.75) is 184 Å². The summed E-state index contributed by atoms with van der Waals surface area (Å²) >= 11 is 24.6. The molecule has 11 fully saturated rings. The van der Waals surface area contributed by atoms with Crippen molar-refractivity contribution in [3.8, 4) is 0 Å². The number of anilines is 4. The quantitative estimate of drug-likeness (QED) is 0.0329. The number of halogens is 13. The maximum atomic E-state index is 13.7. The number of likely N-dealkylation sites (tertiary alicyclic amines) is 1. The highest BCUT2D eigenvalue weighted by molar-refractivity contribution is 6.35. The molecule has 0 unspecified atom stereocenters. The standard InChI is InChI=1S/C26H29ClF4N6O3.C23H24ClF2N5O3.C23H25ClFN5O3.C22H20ClF2N5O2/c27-18-13-16(28)1-2-19(18)37-8-7-25(24(37)40)5-3-17(4-6-25)34-22(38)20-21(33-15-32-20)23(39)36-11-9-35(10-12-36)14-26(29,30)31;24-16-9-13(25)1-2-17(16)31-8-7-23(22(31)34)5-3-15(4-6-23)29-20(32)18-19(28-12-27-18)21(33)30-10-14(26)11-30;24-16-11-13(25)1-4-17(16)29-10-9-23(22(29)33)7-5-15(6-8-23)30(14-2-3-14)21(32)19-18(20(26)31)27-12-28-19;23-15-10-16(24)17(25)11-18(15)29-9-6-22(21(29)32)4-2-13(3-5-22)28-20(31)14-12-27-30-8-1-7-26-19(14)30/h1-2,13,15,17H,3-12,14H2,(H,32,33)(H,34,38);1-2,9,12,14-15H,3-8,10-11H2,(H,27,28)(H,29,32);1,4,11-12,14-15H,2-3,5-10H2,(H2,26,31)(H,27,28);1,7-8,10-13H,2-6,9H2,(H,28,31). The molecular formula is C94H98Cl4F9N21O11. The number of carbonyl (C=O) groups excluding carboxylic acids is 11. The number of fused-ring (bicyclic) bond motifs is 1. The van der Waals surface area contributed by atoms with Crippen molar-refractivity contribution in [1.29, 1.82) is 0 Å². The molecule has 0 radical (unpaired) electrons. The molecule has 4 spiro atoms. The van der Waals surface area contributed by atoms with Gasteiger partial charge >= 0.3 is 6.18 Å². The summed E-state index contributed by atoms with van der Waals surface area (Å²) in [4.78, 5) is 179. The topological polar surface area (TPSA) is 392 Å². The van der Waals surface area contributed by atoms with Crippen LogP contribution in [0.5, 0.6) is 0 Å². The van der Waals surface area contributed by atoms with Crippen molar-refractivity contribution in [1.82, 2.24) is 80.1 Å². The summed E-state index contributed by atoms with van der Waals surface area (Å²) in [5, 5.41) is 13.6. The van der Waals surface area contributed by atoms with Crippen LogP contribution in [0.1, 0.15) is 215 Å². The average Bonchev–Trinajstić information content (AvgIpc) is 1.60. The smallest absolute Gasteiger partial charge is 0.364 e. The van der Waals surface area contributed by atoms with E-state index in [1.807, 2.05) is 4.90 Å². The number of hydrogen-bond donors (Lipinski definition) is 7. The van der Waals surface area contributed by atoms with Crippen molar-refractivity contribution in [3.63, 3.8) is 0 Å². The van der Waals surface area contributed by atoms with Crippen molar-refractivity contribution >= 4 is 140 Å². The van der Waals surface area contributed by atoms with Gasteiger partial charge in [0.25, 0.3) is 41.4 Å². The molecular weight excluding hydrogens is 1910 g/mol. The lowest BCUT2D eigenvalue weighted by molar-refractivity contribution is -0.148. The van der Waals surface area contributed by atoms with E-state index in [-0.39, 0.29) is 165 Å². The van der Waals surface area contributed by atoms with Crippen molar-refractivity contribution in [3.05, 3.63) is 199 Å². The number of rotatable bonds is 17. The molecule has 8 N–H and O–H groups in total. The molecule has 45 heteroatoms. The van der Waals surface area contributed by atoms with E-state index in [9.17, 15) is 92.3 Å². The number of primary amides is 1.